The Bertz CT molecular complexity index is 1290. The Balaban J connectivity index is 1.74. The first-order valence-electron chi connectivity index (χ1n) is 10.7. The molecule has 0 radical (unpaired) electrons. The van der Waals surface area contributed by atoms with Gasteiger partial charge in [-0.15, -0.1) is 0 Å². The standard InChI is InChI=1S/C25H22F4N2O4S/c26-20-10-8-19(9-11-20)24(33)31-22(14-17-4-2-1-3-5-17)23(32)15-18-6-12-21(13-7-18)36(34,35)30-16-25(27,28)29/h1-13,22,30H,14-16H2,(H,31,33)/t22-/m0/s1. The summed E-state index contributed by atoms with van der Waals surface area (Å²) in [5, 5.41) is 2.66. The minimum atomic E-state index is -4.70. The molecule has 3 aromatic carbocycles. The maximum absolute atomic E-state index is 13.2. The van der Waals surface area contributed by atoms with Crippen LogP contribution in [0.1, 0.15) is 21.5 Å². The molecule has 3 aromatic rings. The number of ketones is 1. The minimum Gasteiger partial charge on any atom is -0.342 e. The molecule has 0 fully saturated rings. The van der Waals surface area contributed by atoms with Crippen LogP contribution in [0.25, 0.3) is 0 Å². The number of carbonyl (C=O) groups excluding carboxylic acids is 2. The van der Waals surface area contributed by atoms with Crippen LogP contribution in [0.4, 0.5) is 17.6 Å². The van der Waals surface area contributed by atoms with Gasteiger partial charge in [0.2, 0.25) is 10.0 Å². The first kappa shape index (κ1) is 27.0. The molecule has 190 valence electrons. The number of carbonyl (C=O) groups is 2. The monoisotopic (exact) mass is 522 g/mol. The van der Waals surface area contributed by atoms with Crippen molar-refractivity contribution in [1.29, 1.82) is 0 Å². The number of Topliss-reactive ketones (excluding diaryl/α,β-unsaturated/α-hetero) is 1. The summed E-state index contributed by atoms with van der Waals surface area (Å²) in [6.07, 6.45) is -4.69. The first-order chi connectivity index (χ1) is 16.9. The van der Waals surface area contributed by atoms with Gasteiger partial charge in [0.15, 0.2) is 5.78 Å². The zero-order valence-electron chi connectivity index (χ0n) is 18.8. The summed E-state index contributed by atoms with van der Waals surface area (Å²) in [4.78, 5) is 25.4. The van der Waals surface area contributed by atoms with E-state index in [4.69, 9.17) is 0 Å². The second kappa shape index (κ2) is 11.4. The van der Waals surface area contributed by atoms with Gasteiger partial charge >= 0.3 is 6.18 Å². The lowest BCUT2D eigenvalue weighted by Gasteiger charge is -2.18. The molecule has 1 amide bonds. The molecule has 11 heteroatoms. The van der Waals surface area contributed by atoms with E-state index in [1.165, 1.54) is 29.0 Å². The number of sulfonamides is 1. The topological polar surface area (TPSA) is 92.3 Å². The van der Waals surface area contributed by atoms with Crippen molar-refractivity contribution in [3.63, 3.8) is 0 Å². The Kier molecular flexibility index (Phi) is 8.59. The summed E-state index contributed by atoms with van der Waals surface area (Å²) >= 11 is 0. The quantitative estimate of drug-likeness (QED) is 0.396. The van der Waals surface area contributed by atoms with Crippen LogP contribution >= 0.6 is 0 Å². The van der Waals surface area contributed by atoms with Gasteiger partial charge in [-0.2, -0.15) is 13.2 Å². The molecule has 0 aliphatic heterocycles. The van der Waals surface area contributed by atoms with Crippen molar-refractivity contribution in [1.82, 2.24) is 10.0 Å². The van der Waals surface area contributed by atoms with E-state index in [9.17, 15) is 35.6 Å². The van der Waals surface area contributed by atoms with Gasteiger partial charge in [0, 0.05) is 12.0 Å². The van der Waals surface area contributed by atoms with E-state index in [2.05, 4.69) is 5.32 Å². The summed E-state index contributed by atoms with van der Waals surface area (Å²) in [5.74, 6) is -1.45. The molecule has 3 rings (SSSR count). The fourth-order valence-electron chi connectivity index (χ4n) is 3.31. The lowest BCUT2D eigenvalue weighted by atomic mass is 9.97. The fourth-order valence-corrected chi connectivity index (χ4v) is 4.32. The lowest BCUT2D eigenvalue weighted by Crippen LogP contribution is -2.43. The van der Waals surface area contributed by atoms with Crippen LogP contribution in [-0.4, -0.2) is 38.9 Å². The highest BCUT2D eigenvalue weighted by molar-refractivity contribution is 7.89. The smallest absolute Gasteiger partial charge is 0.342 e. The molecule has 2 N–H and O–H groups in total. The minimum absolute atomic E-state index is 0.169. The van der Waals surface area contributed by atoms with Gasteiger partial charge in [0.05, 0.1) is 10.9 Å². The first-order valence-corrected chi connectivity index (χ1v) is 12.2. The van der Waals surface area contributed by atoms with Crippen LogP contribution in [0.5, 0.6) is 0 Å². The molecular formula is C25H22F4N2O4S. The molecule has 0 saturated carbocycles. The van der Waals surface area contributed by atoms with Crippen LogP contribution in [-0.2, 0) is 27.7 Å². The van der Waals surface area contributed by atoms with Gasteiger partial charge in [0.25, 0.3) is 5.91 Å². The van der Waals surface area contributed by atoms with E-state index in [-0.39, 0.29) is 29.1 Å². The third-order valence-corrected chi connectivity index (χ3v) is 6.57. The number of amides is 1. The van der Waals surface area contributed by atoms with Gasteiger partial charge in [-0.3, -0.25) is 9.59 Å². The molecule has 0 aliphatic rings. The molecule has 0 heterocycles. The van der Waals surface area contributed by atoms with E-state index in [0.29, 0.717) is 5.56 Å². The Labute approximate surface area is 205 Å². The van der Waals surface area contributed by atoms with Crippen molar-refractivity contribution in [2.75, 3.05) is 6.54 Å². The van der Waals surface area contributed by atoms with Crippen LogP contribution < -0.4 is 10.0 Å². The van der Waals surface area contributed by atoms with Crippen LogP contribution in [0, 0.1) is 5.82 Å². The number of hydrogen-bond acceptors (Lipinski definition) is 4. The van der Waals surface area contributed by atoms with Gasteiger partial charge in [-0.1, -0.05) is 42.5 Å². The average Bonchev–Trinajstić information content (AvgIpc) is 2.83. The second-order valence-electron chi connectivity index (χ2n) is 7.95. The number of alkyl halides is 3. The summed E-state index contributed by atoms with van der Waals surface area (Å²) in [5.41, 5.74) is 1.36. The Morgan fingerprint density at radius 1 is 0.833 bits per heavy atom. The highest BCUT2D eigenvalue weighted by atomic mass is 32.2. The maximum Gasteiger partial charge on any atom is 0.402 e. The fraction of sp³-hybridized carbons (Fsp3) is 0.200. The van der Waals surface area contributed by atoms with E-state index >= 15 is 0 Å². The molecule has 6 nitrogen and oxygen atoms in total. The molecule has 1 atom stereocenters. The number of benzene rings is 3. The van der Waals surface area contributed by atoms with E-state index in [1.807, 2.05) is 0 Å². The molecule has 36 heavy (non-hydrogen) atoms. The van der Waals surface area contributed by atoms with Gasteiger partial charge in [-0.25, -0.2) is 17.5 Å². The van der Waals surface area contributed by atoms with Crippen molar-refractivity contribution in [3.05, 3.63) is 101 Å². The van der Waals surface area contributed by atoms with E-state index in [1.54, 1.807) is 30.3 Å². The molecule has 0 spiro atoms. The lowest BCUT2D eigenvalue weighted by molar-refractivity contribution is -0.121. The van der Waals surface area contributed by atoms with Crippen LogP contribution in [0.2, 0.25) is 0 Å². The molecule has 0 bridgehead atoms. The summed E-state index contributed by atoms with van der Waals surface area (Å²) in [6, 6.07) is 17.7. The maximum atomic E-state index is 13.2. The van der Waals surface area contributed by atoms with Gasteiger partial charge < -0.3 is 5.32 Å². The summed E-state index contributed by atoms with van der Waals surface area (Å²) in [7, 11) is -4.38. The van der Waals surface area contributed by atoms with Crippen molar-refractivity contribution >= 4 is 21.7 Å². The van der Waals surface area contributed by atoms with Crippen LogP contribution in [0.3, 0.4) is 0 Å². The van der Waals surface area contributed by atoms with E-state index < -0.39 is 40.5 Å². The summed E-state index contributed by atoms with van der Waals surface area (Å²) in [6.45, 7) is -1.70. The predicted octanol–water partition coefficient (Wildman–Crippen LogP) is 3.82. The third kappa shape index (κ3) is 7.99. The zero-order chi connectivity index (χ0) is 26.3. The summed E-state index contributed by atoms with van der Waals surface area (Å²) < 4.78 is 75.8. The highest BCUT2D eigenvalue weighted by Gasteiger charge is 2.30. The molecule has 0 unspecified atom stereocenters. The highest BCUT2D eigenvalue weighted by Crippen LogP contribution is 2.17. The number of halogens is 4. The molecule has 0 aromatic heterocycles. The normalized spacial score (nSPS) is 12.7. The van der Waals surface area contributed by atoms with Crippen molar-refractivity contribution in [2.24, 2.45) is 0 Å². The third-order valence-electron chi connectivity index (χ3n) is 5.16. The number of nitrogens with one attached hydrogen (secondary N) is 2. The Hall–Kier alpha value is -3.57. The van der Waals surface area contributed by atoms with E-state index in [0.717, 1.165) is 29.8 Å². The molecule has 0 saturated heterocycles. The van der Waals surface area contributed by atoms with Gasteiger partial charge in [0.1, 0.15) is 12.4 Å². The Morgan fingerprint density at radius 2 is 1.44 bits per heavy atom. The van der Waals surface area contributed by atoms with Gasteiger partial charge in [-0.05, 0) is 53.9 Å². The van der Waals surface area contributed by atoms with Crippen molar-refractivity contribution < 1.29 is 35.6 Å². The average molecular weight is 523 g/mol. The predicted molar refractivity (Wildman–Crippen MR) is 124 cm³/mol. The van der Waals surface area contributed by atoms with Crippen LogP contribution in [0.15, 0.2) is 83.8 Å². The second-order valence-corrected chi connectivity index (χ2v) is 9.72. The largest absolute Gasteiger partial charge is 0.402 e. The van der Waals surface area contributed by atoms with Crippen molar-refractivity contribution in [2.45, 2.75) is 30.0 Å². The van der Waals surface area contributed by atoms with Crippen molar-refractivity contribution in [3.8, 4) is 0 Å². The molecule has 0 aliphatic carbocycles. The molecular weight excluding hydrogens is 500 g/mol. The number of rotatable bonds is 10. The SMILES string of the molecule is O=C(N[C@@H](Cc1ccccc1)C(=O)Cc1ccc(S(=O)(=O)NCC(F)(F)F)cc1)c1ccc(F)cc1. The number of hydrogen-bond donors (Lipinski definition) is 2. The zero-order valence-corrected chi connectivity index (χ0v) is 19.6. The Morgan fingerprint density at radius 3 is 2.03 bits per heavy atom.